The molecule has 1 heterocycles. The number of ether oxygens (including phenoxy) is 1. The summed E-state index contributed by atoms with van der Waals surface area (Å²) in [6, 6.07) is 9.19. The molecular formula is C25H26F3N3O4S. The van der Waals surface area contributed by atoms with Gasteiger partial charge in [-0.25, -0.2) is 8.42 Å². The van der Waals surface area contributed by atoms with Crippen LogP contribution in [0, 0.1) is 11.3 Å². The van der Waals surface area contributed by atoms with Crippen molar-refractivity contribution in [1.82, 2.24) is 4.90 Å². The van der Waals surface area contributed by atoms with E-state index in [0.717, 1.165) is 44.1 Å². The second-order valence-electron chi connectivity index (χ2n) is 9.08. The van der Waals surface area contributed by atoms with Crippen molar-refractivity contribution >= 4 is 21.4 Å². The van der Waals surface area contributed by atoms with Crippen LogP contribution in [0.2, 0.25) is 0 Å². The van der Waals surface area contributed by atoms with Crippen molar-refractivity contribution in [2.45, 2.75) is 42.9 Å². The van der Waals surface area contributed by atoms with E-state index in [0.29, 0.717) is 24.5 Å². The van der Waals surface area contributed by atoms with E-state index < -0.39 is 21.6 Å². The van der Waals surface area contributed by atoms with Crippen LogP contribution >= 0.6 is 0 Å². The van der Waals surface area contributed by atoms with Crippen molar-refractivity contribution in [1.29, 1.82) is 5.26 Å². The first-order chi connectivity index (χ1) is 17.0. The molecule has 0 bridgehead atoms. The number of hydrogen-bond acceptors (Lipinski definition) is 6. The third-order valence-electron chi connectivity index (χ3n) is 6.56. The Morgan fingerprint density at radius 1 is 1.06 bits per heavy atom. The van der Waals surface area contributed by atoms with Crippen LogP contribution in [0.25, 0.3) is 0 Å². The number of piperazine rings is 1. The van der Waals surface area contributed by atoms with E-state index in [-0.39, 0.29) is 41.1 Å². The molecule has 0 unspecified atom stereocenters. The van der Waals surface area contributed by atoms with Crippen LogP contribution in [0.3, 0.4) is 0 Å². The largest absolute Gasteiger partial charge is 0.490 e. The van der Waals surface area contributed by atoms with Crippen molar-refractivity contribution in [2.75, 3.05) is 37.3 Å². The number of benzene rings is 2. The Kier molecular flexibility index (Phi) is 7.18. The standard InChI is InChI=1S/C25H26F3N3O4S/c1-36(33,34)20-7-9-23(35-19-4-2-3-5-19)21(15-20)24(32)31-12-10-30(11-13-31)22-8-6-18(25(26,27)28)14-17(22)16-29/h6-9,14-15,19H,2-5,10-13H2,1H3. The average Bonchev–Trinajstić information content (AvgIpc) is 3.35. The van der Waals surface area contributed by atoms with Crippen LogP contribution in [0.1, 0.15) is 47.2 Å². The zero-order valence-electron chi connectivity index (χ0n) is 19.7. The lowest BCUT2D eigenvalue weighted by atomic mass is 10.1. The summed E-state index contributed by atoms with van der Waals surface area (Å²) in [6.45, 7) is 1.10. The van der Waals surface area contributed by atoms with Gasteiger partial charge in [-0.2, -0.15) is 18.4 Å². The van der Waals surface area contributed by atoms with E-state index in [4.69, 9.17) is 4.74 Å². The zero-order valence-corrected chi connectivity index (χ0v) is 20.5. The maximum Gasteiger partial charge on any atom is 0.416 e. The maximum absolute atomic E-state index is 13.5. The Balaban J connectivity index is 1.53. The minimum Gasteiger partial charge on any atom is -0.490 e. The summed E-state index contributed by atoms with van der Waals surface area (Å²) in [4.78, 5) is 16.8. The SMILES string of the molecule is CS(=O)(=O)c1ccc(OC2CCCC2)c(C(=O)N2CCN(c3ccc(C(F)(F)F)cc3C#N)CC2)c1. The Hall–Kier alpha value is -3.26. The number of carbonyl (C=O) groups excluding carboxylic acids is 1. The first kappa shape index (κ1) is 25.8. The Bertz CT molecular complexity index is 1290. The van der Waals surface area contributed by atoms with Gasteiger partial charge in [-0.05, 0) is 62.1 Å². The van der Waals surface area contributed by atoms with E-state index in [1.807, 2.05) is 6.07 Å². The molecular weight excluding hydrogens is 495 g/mol. The van der Waals surface area contributed by atoms with E-state index in [9.17, 15) is 31.6 Å². The molecule has 11 heteroatoms. The van der Waals surface area contributed by atoms with Gasteiger partial charge in [0.15, 0.2) is 9.84 Å². The first-order valence-corrected chi connectivity index (χ1v) is 13.5. The number of amides is 1. The molecule has 1 aliphatic heterocycles. The second kappa shape index (κ2) is 10.0. The molecule has 2 aliphatic rings. The maximum atomic E-state index is 13.5. The predicted octanol–water partition coefficient (Wildman–Crippen LogP) is 4.26. The van der Waals surface area contributed by atoms with E-state index >= 15 is 0 Å². The van der Waals surface area contributed by atoms with Gasteiger partial charge in [-0.1, -0.05) is 0 Å². The van der Waals surface area contributed by atoms with Gasteiger partial charge in [0.1, 0.15) is 11.8 Å². The van der Waals surface area contributed by atoms with Gasteiger partial charge in [0.25, 0.3) is 5.91 Å². The lowest BCUT2D eigenvalue weighted by molar-refractivity contribution is -0.137. The third-order valence-corrected chi connectivity index (χ3v) is 7.67. The van der Waals surface area contributed by atoms with Gasteiger partial charge in [-0.15, -0.1) is 0 Å². The van der Waals surface area contributed by atoms with E-state index in [1.54, 1.807) is 9.80 Å². The average molecular weight is 522 g/mol. The van der Waals surface area contributed by atoms with Gasteiger partial charge < -0.3 is 14.5 Å². The minimum atomic E-state index is -4.55. The third kappa shape index (κ3) is 5.59. The number of rotatable bonds is 5. The van der Waals surface area contributed by atoms with Crippen LogP contribution in [-0.2, 0) is 16.0 Å². The molecule has 1 saturated carbocycles. The molecule has 1 aliphatic carbocycles. The fourth-order valence-corrected chi connectivity index (χ4v) is 5.24. The molecule has 0 radical (unpaired) electrons. The molecule has 4 rings (SSSR count). The van der Waals surface area contributed by atoms with E-state index in [2.05, 4.69) is 0 Å². The molecule has 2 aromatic carbocycles. The lowest BCUT2D eigenvalue weighted by Crippen LogP contribution is -2.49. The van der Waals surface area contributed by atoms with Crippen molar-refractivity contribution in [3.05, 3.63) is 53.1 Å². The molecule has 192 valence electrons. The highest BCUT2D eigenvalue weighted by Crippen LogP contribution is 2.34. The highest BCUT2D eigenvalue weighted by Gasteiger charge is 2.32. The molecule has 2 fully saturated rings. The fourth-order valence-electron chi connectivity index (χ4n) is 4.59. The summed E-state index contributed by atoms with van der Waals surface area (Å²) in [5, 5.41) is 9.40. The van der Waals surface area contributed by atoms with Crippen molar-refractivity contribution < 1.29 is 31.1 Å². The molecule has 7 nitrogen and oxygen atoms in total. The number of halogens is 3. The molecule has 0 N–H and O–H groups in total. The van der Waals surface area contributed by atoms with Gasteiger partial charge >= 0.3 is 6.18 Å². The summed E-state index contributed by atoms with van der Waals surface area (Å²) >= 11 is 0. The van der Waals surface area contributed by atoms with Gasteiger partial charge in [0, 0.05) is 32.4 Å². The Morgan fingerprint density at radius 2 is 1.72 bits per heavy atom. The molecule has 36 heavy (non-hydrogen) atoms. The molecule has 1 saturated heterocycles. The zero-order chi connectivity index (χ0) is 26.1. The van der Waals surface area contributed by atoms with Crippen molar-refractivity contribution in [3.63, 3.8) is 0 Å². The van der Waals surface area contributed by atoms with Crippen LogP contribution in [0.15, 0.2) is 41.3 Å². The number of hydrogen-bond donors (Lipinski definition) is 0. The number of nitriles is 1. The summed E-state index contributed by atoms with van der Waals surface area (Å²) < 4.78 is 69.4. The number of sulfone groups is 1. The monoisotopic (exact) mass is 521 g/mol. The molecule has 0 spiro atoms. The van der Waals surface area contributed by atoms with Gasteiger partial charge in [-0.3, -0.25) is 4.79 Å². The second-order valence-corrected chi connectivity index (χ2v) is 11.1. The molecule has 0 aromatic heterocycles. The Morgan fingerprint density at radius 3 is 2.31 bits per heavy atom. The summed E-state index contributed by atoms with van der Waals surface area (Å²) in [5.41, 5.74) is -0.428. The molecule has 2 aromatic rings. The minimum absolute atomic E-state index is 0.0201. The number of alkyl halides is 3. The predicted molar refractivity (Wildman–Crippen MR) is 127 cm³/mol. The van der Waals surface area contributed by atoms with Crippen molar-refractivity contribution in [2.24, 2.45) is 0 Å². The van der Waals surface area contributed by atoms with Gasteiger partial charge in [0.2, 0.25) is 0 Å². The Labute approximate surface area is 208 Å². The molecule has 0 atom stereocenters. The van der Waals surface area contributed by atoms with Crippen LogP contribution in [-0.4, -0.2) is 57.8 Å². The topological polar surface area (TPSA) is 90.7 Å². The van der Waals surface area contributed by atoms with Crippen LogP contribution in [0.5, 0.6) is 5.75 Å². The quantitative estimate of drug-likeness (QED) is 0.584. The number of anilines is 1. The smallest absolute Gasteiger partial charge is 0.416 e. The summed E-state index contributed by atoms with van der Waals surface area (Å²) in [7, 11) is -3.55. The number of nitrogens with zero attached hydrogens (tertiary/aromatic N) is 3. The fraction of sp³-hybridized carbons (Fsp3) is 0.440. The lowest BCUT2D eigenvalue weighted by Gasteiger charge is -2.37. The summed E-state index contributed by atoms with van der Waals surface area (Å²) in [6.07, 6.45) is 0.306. The van der Waals surface area contributed by atoms with E-state index in [1.165, 1.54) is 24.3 Å². The summed E-state index contributed by atoms with van der Waals surface area (Å²) in [5.74, 6) is -0.0303. The van der Waals surface area contributed by atoms with Crippen LogP contribution < -0.4 is 9.64 Å². The normalized spacial score (nSPS) is 17.2. The van der Waals surface area contributed by atoms with Crippen LogP contribution in [0.4, 0.5) is 18.9 Å². The molecule has 1 amide bonds. The number of carbonyl (C=O) groups is 1. The van der Waals surface area contributed by atoms with Crippen molar-refractivity contribution in [3.8, 4) is 11.8 Å². The first-order valence-electron chi connectivity index (χ1n) is 11.6. The highest BCUT2D eigenvalue weighted by atomic mass is 32.2. The highest BCUT2D eigenvalue weighted by molar-refractivity contribution is 7.90. The van der Waals surface area contributed by atoms with Gasteiger partial charge in [0.05, 0.1) is 33.4 Å².